The minimum atomic E-state index is -3.70. The summed E-state index contributed by atoms with van der Waals surface area (Å²) in [5.41, 5.74) is 1.07. The molecule has 0 aliphatic carbocycles. The number of sulfone groups is 1. The summed E-state index contributed by atoms with van der Waals surface area (Å²) in [7, 11) is -3.70. The highest BCUT2D eigenvalue weighted by atomic mass is 32.2. The average Bonchev–Trinajstić information content (AvgIpc) is 2.95. The van der Waals surface area contributed by atoms with Gasteiger partial charge in [0.25, 0.3) is 0 Å². The fraction of sp³-hybridized carbons (Fsp3) is 0.421. The van der Waals surface area contributed by atoms with E-state index in [1.807, 2.05) is 27.7 Å². The molecule has 2 rings (SSSR count). The Hall–Kier alpha value is -2.08. The van der Waals surface area contributed by atoms with Gasteiger partial charge >= 0.3 is 5.97 Å². The maximum atomic E-state index is 13.4. The number of hydrogen-bond donors (Lipinski definition) is 1. The molecule has 1 N–H and O–H groups in total. The summed E-state index contributed by atoms with van der Waals surface area (Å²) in [5.74, 6) is -0.521. The molecule has 0 aliphatic heterocycles. The number of nitrogens with one attached hydrogen (secondary N) is 1. The number of carbonyl (C=O) groups excluding carboxylic acids is 1. The molecule has 1 heterocycles. The van der Waals surface area contributed by atoms with Crippen LogP contribution in [0.4, 0.5) is 0 Å². The standard InChI is InChI=1S/C19H25NO4S/c1-6-24-18(21)16-12-20-11-15(16)17(19(3,4)5)25(22,23)14-9-7-13(2)8-10-14/h7-12,17,20H,6H2,1-5H3. The van der Waals surface area contributed by atoms with Crippen molar-refractivity contribution in [2.24, 2.45) is 5.41 Å². The summed E-state index contributed by atoms with van der Waals surface area (Å²) >= 11 is 0. The molecular formula is C19H25NO4S. The number of aryl methyl sites for hydroxylation is 1. The van der Waals surface area contributed by atoms with Crippen molar-refractivity contribution in [3.8, 4) is 0 Å². The molecule has 1 aromatic carbocycles. The Labute approximate surface area is 149 Å². The van der Waals surface area contributed by atoms with Crippen LogP contribution in [0.3, 0.4) is 0 Å². The second-order valence-corrected chi connectivity index (χ2v) is 9.18. The molecule has 0 amide bonds. The smallest absolute Gasteiger partial charge is 0.339 e. The number of esters is 1. The average molecular weight is 363 g/mol. The van der Waals surface area contributed by atoms with Gasteiger partial charge in [-0.05, 0) is 31.4 Å². The number of rotatable bonds is 5. The Morgan fingerprint density at radius 1 is 1.16 bits per heavy atom. The quantitative estimate of drug-likeness (QED) is 0.813. The maximum Gasteiger partial charge on any atom is 0.339 e. The number of H-pyrrole nitrogens is 1. The van der Waals surface area contributed by atoms with Crippen LogP contribution in [0.1, 0.15) is 54.4 Å². The normalized spacial score (nSPS) is 13.5. The Balaban J connectivity index is 2.61. The predicted molar refractivity (Wildman–Crippen MR) is 97.3 cm³/mol. The zero-order valence-electron chi connectivity index (χ0n) is 15.3. The van der Waals surface area contributed by atoms with Gasteiger partial charge in [-0.2, -0.15) is 0 Å². The second kappa shape index (κ2) is 7.04. The maximum absolute atomic E-state index is 13.4. The molecule has 0 saturated carbocycles. The number of aromatic nitrogens is 1. The molecule has 0 radical (unpaired) electrons. The number of ether oxygens (including phenoxy) is 1. The molecule has 0 saturated heterocycles. The molecule has 0 spiro atoms. The van der Waals surface area contributed by atoms with E-state index in [0.29, 0.717) is 5.56 Å². The van der Waals surface area contributed by atoms with Crippen molar-refractivity contribution in [2.45, 2.75) is 44.8 Å². The first-order chi connectivity index (χ1) is 11.6. The second-order valence-electron chi connectivity index (χ2n) is 7.15. The fourth-order valence-electron chi connectivity index (χ4n) is 2.94. The Morgan fingerprint density at radius 3 is 2.28 bits per heavy atom. The van der Waals surface area contributed by atoms with Crippen LogP contribution in [0, 0.1) is 12.3 Å². The summed E-state index contributed by atoms with van der Waals surface area (Å²) in [5, 5.41) is -0.881. The molecule has 1 atom stereocenters. The van der Waals surface area contributed by atoms with Crippen molar-refractivity contribution in [2.75, 3.05) is 6.61 Å². The topological polar surface area (TPSA) is 76.2 Å². The van der Waals surface area contributed by atoms with Gasteiger partial charge in [-0.1, -0.05) is 38.5 Å². The van der Waals surface area contributed by atoms with Gasteiger partial charge in [0.05, 0.1) is 22.3 Å². The third kappa shape index (κ3) is 3.95. The Kier molecular flexibility index (Phi) is 5.42. The lowest BCUT2D eigenvalue weighted by Crippen LogP contribution is -2.28. The van der Waals surface area contributed by atoms with E-state index in [1.165, 1.54) is 6.20 Å². The summed E-state index contributed by atoms with van der Waals surface area (Å²) in [6.07, 6.45) is 3.07. The Bertz CT molecular complexity index is 842. The van der Waals surface area contributed by atoms with E-state index in [1.54, 1.807) is 37.4 Å². The zero-order valence-corrected chi connectivity index (χ0v) is 16.1. The molecule has 25 heavy (non-hydrogen) atoms. The van der Waals surface area contributed by atoms with Crippen LogP contribution in [0.2, 0.25) is 0 Å². The molecule has 1 aromatic heterocycles. The number of aromatic amines is 1. The van der Waals surface area contributed by atoms with Gasteiger partial charge in [0, 0.05) is 18.0 Å². The van der Waals surface area contributed by atoms with Crippen molar-refractivity contribution >= 4 is 15.8 Å². The van der Waals surface area contributed by atoms with Crippen LogP contribution in [0.25, 0.3) is 0 Å². The number of benzene rings is 1. The lowest BCUT2D eigenvalue weighted by molar-refractivity contribution is 0.0525. The van der Waals surface area contributed by atoms with E-state index in [0.717, 1.165) is 5.56 Å². The highest BCUT2D eigenvalue weighted by Gasteiger charge is 2.41. The SMILES string of the molecule is CCOC(=O)c1c[nH]cc1C(C(C)(C)C)S(=O)(=O)c1ccc(C)cc1. The molecule has 0 fully saturated rings. The van der Waals surface area contributed by atoms with E-state index in [4.69, 9.17) is 4.74 Å². The van der Waals surface area contributed by atoms with Crippen molar-refractivity contribution in [3.63, 3.8) is 0 Å². The van der Waals surface area contributed by atoms with Crippen molar-refractivity contribution < 1.29 is 17.9 Å². The van der Waals surface area contributed by atoms with E-state index >= 15 is 0 Å². The molecule has 5 nitrogen and oxygen atoms in total. The first-order valence-corrected chi connectivity index (χ1v) is 9.78. The van der Waals surface area contributed by atoms with Crippen LogP contribution in [-0.2, 0) is 14.6 Å². The fourth-order valence-corrected chi connectivity index (χ4v) is 5.19. The monoisotopic (exact) mass is 363 g/mol. The van der Waals surface area contributed by atoms with Crippen LogP contribution in [0.15, 0.2) is 41.6 Å². The largest absolute Gasteiger partial charge is 0.462 e. The van der Waals surface area contributed by atoms with Gasteiger partial charge < -0.3 is 9.72 Å². The van der Waals surface area contributed by atoms with Gasteiger partial charge in [0.1, 0.15) is 0 Å². The van der Waals surface area contributed by atoms with Crippen molar-refractivity contribution in [1.82, 2.24) is 4.98 Å². The van der Waals surface area contributed by atoms with E-state index < -0.39 is 26.5 Å². The third-order valence-corrected chi connectivity index (χ3v) is 6.51. The lowest BCUT2D eigenvalue weighted by Gasteiger charge is -2.30. The predicted octanol–water partition coefficient (Wildman–Crippen LogP) is 4.06. The van der Waals surface area contributed by atoms with Crippen molar-refractivity contribution in [1.29, 1.82) is 0 Å². The van der Waals surface area contributed by atoms with Gasteiger partial charge in [0.2, 0.25) is 0 Å². The molecule has 2 aromatic rings. The summed E-state index contributed by atoms with van der Waals surface area (Å²) in [4.78, 5) is 15.3. The molecule has 0 bridgehead atoms. The van der Waals surface area contributed by atoms with Gasteiger partial charge in [-0.3, -0.25) is 0 Å². The van der Waals surface area contributed by atoms with Gasteiger partial charge in [-0.15, -0.1) is 0 Å². The third-order valence-electron chi connectivity index (χ3n) is 4.00. The number of carbonyl (C=O) groups is 1. The molecule has 0 aliphatic rings. The van der Waals surface area contributed by atoms with Crippen LogP contribution >= 0.6 is 0 Å². The van der Waals surface area contributed by atoms with Gasteiger partial charge in [0.15, 0.2) is 9.84 Å². The first-order valence-electron chi connectivity index (χ1n) is 8.23. The van der Waals surface area contributed by atoms with Crippen LogP contribution in [-0.4, -0.2) is 26.0 Å². The van der Waals surface area contributed by atoms with Crippen molar-refractivity contribution in [3.05, 3.63) is 53.3 Å². The Morgan fingerprint density at radius 2 is 1.76 bits per heavy atom. The summed E-state index contributed by atoms with van der Waals surface area (Å²) in [6.45, 7) is 9.41. The minimum Gasteiger partial charge on any atom is -0.462 e. The van der Waals surface area contributed by atoms with E-state index in [2.05, 4.69) is 4.98 Å². The lowest BCUT2D eigenvalue weighted by atomic mass is 9.87. The van der Waals surface area contributed by atoms with E-state index in [9.17, 15) is 13.2 Å². The van der Waals surface area contributed by atoms with Crippen LogP contribution in [0.5, 0.6) is 0 Å². The molecule has 136 valence electrons. The molecule has 1 unspecified atom stereocenters. The van der Waals surface area contributed by atoms with E-state index in [-0.39, 0.29) is 17.1 Å². The highest BCUT2D eigenvalue weighted by Crippen LogP contribution is 2.44. The highest BCUT2D eigenvalue weighted by molar-refractivity contribution is 7.91. The minimum absolute atomic E-state index is 0.231. The summed E-state index contributed by atoms with van der Waals surface area (Å²) in [6, 6.07) is 6.77. The zero-order chi connectivity index (χ0) is 18.8. The van der Waals surface area contributed by atoms with Crippen LogP contribution < -0.4 is 0 Å². The number of hydrogen-bond acceptors (Lipinski definition) is 4. The molecular weight excluding hydrogens is 338 g/mol. The van der Waals surface area contributed by atoms with Gasteiger partial charge in [-0.25, -0.2) is 13.2 Å². The first kappa shape index (κ1) is 19.2. The summed E-state index contributed by atoms with van der Waals surface area (Å²) < 4.78 is 31.8. The molecule has 6 heteroatoms.